The third kappa shape index (κ3) is 4.04. The Bertz CT molecular complexity index is 1120. The van der Waals surface area contributed by atoms with Gasteiger partial charge in [0.05, 0.1) is 12.8 Å². The molecule has 0 fully saturated rings. The molecule has 3 nitrogen and oxygen atoms in total. The van der Waals surface area contributed by atoms with Gasteiger partial charge in [-0.3, -0.25) is 0 Å². The first-order valence-corrected chi connectivity index (χ1v) is 9.81. The minimum absolute atomic E-state index is 0.150. The number of rotatable bonds is 6. The van der Waals surface area contributed by atoms with Crippen LogP contribution in [0.25, 0.3) is 10.8 Å². The van der Waals surface area contributed by atoms with E-state index in [2.05, 4.69) is 60.8 Å². The Kier molecular flexibility index (Phi) is 5.39. The highest BCUT2D eigenvalue weighted by Gasteiger charge is 2.14. The molecule has 4 aromatic rings. The van der Waals surface area contributed by atoms with Crippen LogP contribution in [0, 0.1) is 6.92 Å². The lowest BCUT2D eigenvalue weighted by molar-refractivity contribution is 0.409. The molecule has 0 unspecified atom stereocenters. The number of hydrogen-bond acceptors (Lipinski definition) is 3. The van der Waals surface area contributed by atoms with Crippen LogP contribution in [0.3, 0.4) is 0 Å². The Morgan fingerprint density at radius 3 is 2.34 bits per heavy atom. The van der Waals surface area contributed by atoms with Crippen molar-refractivity contribution < 1.29 is 9.47 Å². The summed E-state index contributed by atoms with van der Waals surface area (Å²) >= 11 is 0. The van der Waals surface area contributed by atoms with Crippen LogP contribution in [-0.2, 0) is 0 Å². The second kappa shape index (κ2) is 8.27. The summed E-state index contributed by atoms with van der Waals surface area (Å²) in [6.45, 7) is 4.18. The standard InChI is InChI=1S/C26H25NO2/c1-18-17-22(14-16-25(18)28-3)29-26-23-12-8-7-11-21(23)13-15-24(26)27-19(2)20-9-5-4-6-10-20/h4-17,19,27H,1-3H3/t19-/m0/s1. The lowest BCUT2D eigenvalue weighted by Gasteiger charge is -2.20. The van der Waals surface area contributed by atoms with Crippen LogP contribution < -0.4 is 14.8 Å². The maximum atomic E-state index is 6.42. The van der Waals surface area contributed by atoms with E-state index >= 15 is 0 Å². The first-order valence-electron chi connectivity index (χ1n) is 9.81. The first-order chi connectivity index (χ1) is 14.2. The van der Waals surface area contributed by atoms with Crippen molar-refractivity contribution >= 4 is 16.5 Å². The molecule has 1 N–H and O–H groups in total. The summed E-state index contributed by atoms with van der Waals surface area (Å²) in [7, 11) is 1.68. The van der Waals surface area contributed by atoms with Crippen molar-refractivity contribution in [2.45, 2.75) is 19.9 Å². The molecule has 0 aliphatic rings. The van der Waals surface area contributed by atoms with Gasteiger partial charge in [-0.2, -0.15) is 0 Å². The van der Waals surface area contributed by atoms with Crippen molar-refractivity contribution in [2.24, 2.45) is 0 Å². The molecular formula is C26H25NO2. The third-order valence-electron chi connectivity index (χ3n) is 5.14. The Hall–Kier alpha value is -3.46. The van der Waals surface area contributed by atoms with Gasteiger partial charge in [-0.1, -0.05) is 60.7 Å². The normalized spacial score (nSPS) is 11.8. The second-order valence-electron chi connectivity index (χ2n) is 7.17. The van der Waals surface area contributed by atoms with Gasteiger partial charge in [0.2, 0.25) is 0 Å². The summed E-state index contributed by atoms with van der Waals surface area (Å²) in [5, 5.41) is 5.85. The smallest absolute Gasteiger partial charge is 0.158 e. The minimum Gasteiger partial charge on any atom is -0.496 e. The van der Waals surface area contributed by atoms with Gasteiger partial charge in [-0.25, -0.2) is 0 Å². The summed E-state index contributed by atoms with van der Waals surface area (Å²) in [4.78, 5) is 0. The lowest BCUT2D eigenvalue weighted by Crippen LogP contribution is -2.07. The van der Waals surface area contributed by atoms with E-state index in [-0.39, 0.29) is 6.04 Å². The first kappa shape index (κ1) is 18.9. The van der Waals surface area contributed by atoms with E-state index in [1.165, 1.54) is 5.56 Å². The largest absolute Gasteiger partial charge is 0.496 e. The molecule has 0 bridgehead atoms. The van der Waals surface area contributed by atoms with Crippen LogP contribution in [0.4, 0.5) is 5.69 Å². The molecule has 0 aliphatic heterocycles. The highest BCUT2D eigenvalue weighted by molar-refractivity contribution is 5.93. The molecule has 0 heterocycles. The zero-order valence-electron chi connectivity index (χ0n) is 17.0. The van der Waals surface area contributed by atoms with Crippen molar-refractivity contribution in [1.82, 2.24) is 0 Å². The molecular weight excluding hydrogens is 358 g/mol. The number of methoxy groups -OCH3 is 1. The van der Waals surface area contributed by atoms with Gasteiger partial charge in [0.15, 0.2) is 5.75 Å². The van der Waals surface area contributed by atoms with E-state index in [1.54, 1.807) is 7.11 Å². The van der Waals surface area contributed by atoms with Gasteiger partial charge in [0.25, 0.3) is 0 Å². The summed E-state index contributed by atoms with van der Waals surface area (Å²) < 4.78 is 11.8. The number of hydrogen-bond donors (Lipinski definition) is 1. The zero-order valence-corrected chi connectivity index (χ0v) is 17.0. The van der Waals surface area contributed by atoms with Crippen molar-refractivity contribution in [3.8, 4) is 17.2 Å². The molecule has 3 heteroatoms. The highest BCUT2D eigenvalue weighted by atomic mass is 16.5. The topological polar surface area (TPSA) is 30.5 Å². The molecule has 1 atom stereocenters. The molecule has 0 spiro atoms. The summed E-state index contributed by atoms with van der Waals surface area (Å²) in [5.41, 5.74) is 3.23. The van der Waals surface area contributed by atoms with Gasteiger partial charge in [0.1, 0.15) is 11.5 Å². The van der Waals surface area contributed by atoms with E-state index in [9.17, 15) is 0 Å². The molecule has 4 aromatic carbocycles. The van der Waals surface area contributed by atoms with Crippen molar-refractivity contribution in [3.63, 3.8) is 0 Å². The van der Waals surface area contributed by atoms with Crippen LogP contribution in [-0.4, -0.2) is 7.11 Å². The van der Waals surface area contributed by atoms with E-state index in [0.717, 1.165) is 39.3 Å². The lowest BCUT2D eigenvalue weighted by atomic mass is 10.1. The van der Waals surface area contributed by atoms with Crippen LogP contribution >= 0.6 is 0 Å². The molecule has 0 amide bonds. The van der Waals surface area contributed by atoms with Crippen LogP contribution in [0.15, 0.2) is 84.9 Å². The van der Waals surface area contributed by atoms with Crippen molar-refractivity contribution in [3.05, 3.63) is 96.1 Å². The molecule has 0 aromatic heterocycles. The Morgan fingerprint density at radius 1 is 0.828 bits per heavy atom. The predicted molar refractivity (Wildman–Crippen MR) is 120 cm³/mol. The van der Waals surface area contributed by atoms with E-state index in [0.29, 0.717) is 0 Å². The number of fused-ring (bicyclic) bond motifs is 1. The molecule has 29 heavy (non-hydrogen) atoms. The van der Waals surface area contributed by atoms with Gasteiger partial charge in [0, 0.05) is 11.4 Å². The molecule has 0 saturated heterocycles. The summed E-state index contributed by atoms with van der Waals surface area (Å²) in [6, 6.07) is 29.0. The van der Waals surface area contributed by atoms with E-state index in [1.807, 2.05) is 43.3 Å². The van der Waals surface area contributed by atoms with Crippen LogP contribution in [0.2, 0.25) is 0 Å². The summed E-state index contributed by atoms with van der Waals surface area (Å²) in [6.07, 6.45) is 0. The summed E-state index contributed by atoms with van der Waals surface area (Å²) in [5.74, 6) is 2.47. The van der Waals surface area contributed by atoms with E-state index < -0.39 is 0 Å². The molecule has 0 saturated carbocycles. The maximum absolute atomic E-state index is 6.42. The average molecular weight is 383 g/mol. The Labute approximate surface area is 171 Å². The number of ether oxygens (including phenoxy) is 2. The Balaban J connectivity index is 1.74. The number of benzene rings is 4. The maximum Gasteiger partial charge on any atom is 0.158 e. The quantitative estimate of drug-likeness (QED) is 0.384. The van der Waals surface area contributed by atoms with Gasteiger partial charge in [-0.15, -0.1) is 0 Å². The zero-order chi connectivity index (χ0) is 20.2. The predicted octanol–water partition coefficient (Wildman–Crippen LogP) is 7.12. The minimum atomic E-state index is 0.150. The van der Waals surface area contributed by atoms with E-state index in [4.69, 9.17) is 9.47 Å². The van der Waals surface area contributed by atoms with Crippen LogP contribution in [0.5, 0.6) is 17.2 Å². The van der Waals surface area contributed by atoms with Crippen molar-refractivity contribution in [1.29, 1.82) is 0 Å². The molecule has 0 radical (unpaired) electrons. The second-order valence-corrected chi connectivity index (χ2v) is 7.17. The molecule has 0 aliphatic carbocycles. The molecule has 4 rings (SSSR count). The van der Waals surface area contributed by atoms with Crippen molar-refractivity contribution in [2.75, 3.05) is 12.4 Å². The van der Waals surface area contributed by atoms with Crippen LogP contribution in [0.1, 0.15) is 24.1 Å². The SMILES string of the molecule is COc1ccc(Oc2c(N[C@@H](C)c3ccccc3)ccc3ccccc23)cc1C. The monoisotopic (exact) mass is 383 g/mol. The fourth-order valence-corrected chi connectivity index (χ4v) is 3.56. The van der Waals surface area contributed by atoms with Gasteiger partial charge < -0.3 is 14.8 Å². The highest BCUT2D eigenvalue weighted by Crippen LogP contribution is 2.39. The third-order valence-corrected chi connectivity index (χ3v) is 5.14. The number of aryl methyl sites for hydroxylation is 1. The fourth-order valence-electron chi connectivity index (χ4n) is 3.56. The average Bonchev–Trinajstić information content (AvgIpc) is 2.76. The number of anilines is 1. The molecule has 146 valence electrons. The van der Waals surface area contributed by atoms with Gasteiger partial charge in [-0.05, 0) is 54.6 Å². The Morgan fingerprint density at radius 2 is 1.59 bits per heavy atom. The fraction of sp³-hybridized carbons (Fsp3) is 0.154. The van der Waals surface area contributed by atoms with Gasteiger partial charge >= 0.3 is 0 Å². The number of nitrogens with one attached hydrogen (secondary N) is 1.